The zero-order valence-electron chi connectivity index (χ0n) is 16.4. The van der Waals surface area contributed by atoms with Crippen LogP contribution < -0.4 is 0 Å². The molecule has 0 N–H and O–H groups in total. The molecule has 144 valence electrons. The molecule has 1 atom stereocenters. The summed E-state index contributed by atoms with van der Waals surface area (Å²) in [5.74, 6) is 0. The molecule has 0 aromatic carbocycles. The molecule has 0 aliphatic carbocycles. The Kier molecular flexibility index (Phi) is 8.16. The van der Waals surface area contributed by atoms with E-state index in [0.717, 1.165) is 36.8 Å². The van der Waals surface area contributed by atoms with E-state index in [2.05, 4.69) is 50.6 Å². The predicted octanol–water partition coefficient (Wildman–Crippen LogP) is 6.94. The normalized spacial score (nSPS) is 12.8. The predicted molar refractivity (Wildman–Crippen MR) is 112 cm³/mol. The van der Waals surface area contributed by atoms with E-state index in [1.807, 2.05) is 15.7 Å². The lowest BCUT2D eigenvalue weighted by molar-refractivity contribution is 0.0354. The molecule has 2 heterocycles. The van der Waals surface area contributed by atoms with Crippen LogP contribution in [0.25, 0.3) is 0 Å². The van der Waals surface area contributed by atoms with Crippen LogP contribution in [-0.4, -0.2) is 17.1 Å². The first-order valence-electron chi connectivity index (χ1n) is 9.35. The van der Waals surface area contributed by atoms with Crippen molar-refractivity contribution in [2.45, 2.75) is 72.6 Å². The summed E-state index contributed by atoms with van der Waals surface area (Å²) < 4.78 is 5.98. The lowest BCUT2D eigenvalue weighted by Crippen LogP contribution is -2.34. The first-order chi connectivity index (χ1) is 12.4. The van der Waals surface area contributed by atoms with Crippen molar-refractivity contribution in [1.82, 2.24) is 4.90 Å². The van der Waals surface area contributed by atoms with Crippen molar-refractivity contribution in [3.05, 3.63) is 44.8 Å². The fourth-order valence-corrected chi connectivity index (χ4v) is 4.25. The van der Waals surface area contributed by atoms with Gasteiger partial charge in [0.1, 0.15) is 6.10 Å². The van der Waals surface area contributed by atoms with Crippen LogP contribution in [0.15, 0.2) is 33.7 Å². The van der Waals surface area contributed by atoms with E-state index in [1.165, 1.54) is 0 Å². The topological polar surface area (TPSA) is 29.5 Å². The zero-order chi connectivity index (χ0) is 19.0. The van der Waals surface area contributed by atoms with Gasteiger partial charge >= 0.3 is 6.09 Å². The van der Waals surface area contributed by atoms with Gasteiger partial charge in [-0.25, -0.2) is 4.79 Å². The quantitative estimate of drug-likeness (QED) is 0.461. The highest BCUT2D eigenvalue weighted by Gasteiger charge is 2.25. The van der Waals surface area contributed by atoms with Gasteiger partial charge in [0.25, 0.3) is 0 Å². The average Bonchev–Trinajstić information content (AvgIpc) is 3.24. The molecule has 3 nitrogen and oxygen atoms in total. The fourth-order valence-electron chi connectivity index (χ4n) is 2.93. The molecule has 0 aliphatic rings. The van der Waals surface area contributed by atoms with Gasteiger partial charge < -0.3 is 4.74 Å². The fraction of sp³-hybridized carbons (Fsp3) is 0.571. The Labute approximate surface area is 166 Å². The average molecular weight is 394 g/mol. The summed E-state index contributed by atoms with van der Waals surface area (Å²) in [6, 6.07) is 4.14. The van der Waals surface area contributed by atoms with Crippen molar-refractivity contribution in [2.24, 2.45) is 5.41 Å². The Morgan fingerprint density at radius 2 is 1.69 bits per heavy atom. The largest absolute Gasteiger partial charge is 0.446 e. The monoisotopic (exact) mass is 393 g/mol. The van der Waals surface area contributed by atoms with Gasteiger partial charge in [-0.2, -0.15) is 22.7 Å². The van der Waals surface area contributed by atoms with E-state index >= 15 is 0 Å². The van der Waals surface area contributed by atoms with Crippen molar-refractivity contribution >= 4 is 28.8 Å². The molecule has 2 aromatic heterocycles. The maximum atomic E-state index is 13.0. The van der Waals surface area contributed by atoms with Crippen LogP contribution in [0.5, 0.6) is 0 Å². The molecule has 2 aromatic rings. The first kappa shape index (κ1) is 21.0. The number of thiophene rings is 2. The highest BCUT2D eigenvalue weighted by Crippen LogP contribution is 2.26. The number of nitrogens with zero attached hydrogens (tertiary/aromatic N) is 1. The summed E-state index contributed by atoms with van der Waals surface area (Å²) in [6.45, 7) is 9.97. The number of hydrogen-bond acceptors (Lipinski definition) is 4. The van der Waals surface area contributed by atoms with Crippen molar-refractivity contribution in [2.75, 3.05) is 0 Å². The van der Waals surface area contributed by atoms with E-state index in [9.17, 15) is 4.79 Å². The molecule has 0 aliphatic heterocycles. The summed E-state index contributed by atoms with van der Waals surface area (Å²) in [6.07, 6.45) is 3.81. The number of unbranched alkanes of at least 4 members (excludes halogenated alkanes) is 1. The standard InChI is InChI=1S/C21H31NO2S2/c1-5-6-7-19(12-21(2,3)4)24-20(23)22(13-17-8-10-25-15-17)14-18-9-11-26-16-18/h8-11,15-16,19H,5-7,12-14H2,1-4H3. The third kappa shape index (κ3) is 7.50. The van der Waals surface area contributed by atoms with Gasteiger partial charge in [-0.1, -0.05) is 40.5 Å². The Hall–Kier alpha value is -1.33. The van der Waals surface area contributed by atoms with Crippen molar-refractivity contribution in [1.29, 1.82) is 0 Å². The lowest BCUT2D eigenvalue weighted by Gasteiger charge is -2.29. The van der Waals surface area contributed by atoms with Gasteiger partial charge in [-0.05, 0) is 63.0 Å². The molecule has 0 spiro atoms. The number of rotatable bonds is 9. The molecule has 0 radical (unpaired) electrons. The van der Waals surface area contributed by atoms with Crippen LogP contribution in [0.1, 0.15) is 64.5 Å². The minimum atomic E-state index is -0.201. The van der Waals surface area contributed by atoms with E-state index in [1.54, 1.807) is 22.7 Å². The van der Waals surface area contributed by atoms with Gasteiger partial charge in [0, 0.05) is 0 Å². The van der Waals surface area contributed by atoms with Gasteiger partial charge in [0.05, 0.1) is 13.1 Å². The van der Waals surface area contributed by atoms with Crippen molar-refractivity contribution in [3.8, 4) is 0 Å². The Balaban J connectivity index is 2.06. The summed E-state index contributed by atoms with van der Waals surface area (Å²) in [7, 11) is 0. The second kappa shape index (κ2) is 10.1. The zero-order valence-corrected chi connectivity index (χ0v) is 18.0. The maximum Gasteiger partial charge on any atom is 0.410 e. The van der Waals surface area contributed by atoms with Gasteiger partial charge in [-0.3, -0.25) is 4.90 Å². The first-order valence-corrected chi connectivity index (χ1v) is 11.2. The molecule has 2 rings (SSSR count). The van der Waals surface area contributed by atoms with Crippen LogP contribution in [0, 0.1) is 5.41 Å². The molecular formula is C21H31NO2S2. The number of ether oxygens (including phenoxy) is 1. The summed E-state index contributed by atoms with van der Waals surface area (Å²) in [5, 5.41) is 8.29. The molecule has 26 heavy (non-hydrogen) atoms. The molecule has 5 heteroatoms. The van der Waals surface area contributed by atoms with Crippen molar-refractivity contribution in [3.63, 3.8) is 0 Å². The van der Waals surface area contributed by atoms with Crippen LogP contribution in [0.3, 0.4) is 0 Å². The van der Waals surface area contributed by atoms with E-state index in [-0.39, 0.29) is 17.6 Å². The third-order valence-electron chi connectivity index (χ3n) is 4.15. The maximum absolute atomic E-state index is 13.0. The van der Waals surface area contributed by atoms with Gasteiger partial charge in [0.15, 0.2) is 0 Å². The second-order valence-electron chi connectivity index (χ2n) is 8.03. The number of hydrogen-bond donors (Lipinski definition) is 0. The van der Waals surface area contributed by atoms with Crippen LogP contribution >= 0.6 is 22.7 Å². The second-order valence-corrected chi connectivity index (χ2v) is 9.59. The molecule has 1 unspecified atom stereocenters. The Morgan fingerprint density at radius 1 is 1.12 bits per heavy atom. The highest BCUT2D eigenvalue weighted by atomic mass is 32.1. The Morgan fingerprint density at radius 3 is 2.12 bits per heavy atom. The lowest BCUT2D eigenvalue weighted by atomic mass is 9.87. The summed E-state index contributed by atoms with van der Waals surface area (Å²) >= 11 is 3.31. The Bertz CT molecular complexity index is 593. The van der Waals surface area contributed by atoms with E-state index in [0.29, 0.717) is 13.1 Å². The van der Waals surface area contributed by atoms with Crippen LogP contribution in [0.4, 0.5) is 4.79 Å². The third-order valence-corrected chi connectivity index (χ3v) is 5.62. The molecule has 0 fully saturated rings. The highest BCUT2D eigenvalue weighted by molar-refractivity contribution is 7.08. The number of amides is 1. The smallest absolute Gasteiger partial charge is 0.410 e. The van der Waals surface area contributed by atoms with E-state index in [4.69, 9.17) is 4.74 Å². The van der Waals surface area contributed by atoms with Crippen LogP contribution in [-0.2, 0) is 17.8 Å². The molecule has 0 saturated carbocycles. The minimum Gasteiger partial charge on any atom is -0.446 e. The summed E-state index contributed by atoms with van der Waals surface area (Å²) in [4.78, 5) is 14.8. The van der Waals surface area contributed by atoms with Gasteiger partial charge in [0.2, 0.25) is 0 Å². The number of carbonyl (C=O) groups excluding carboxylic acids is 1. The molecule has 0 saturated heterocycles. The van der Waals surface area contributed by atoms with E-state index < -0.39 is 0 Å². The molecule has 0 bridgehead atoms. The SMILES string of the molecule is CCCCC(CC(C)(C)C)OC(=O)N(Cc1ccsc1)Cc1ccsc1. The number of carbonyl (C=O) groups is 1. The molecular weight excluding hydrogens is 362 g/mol. The molecule has 1 amide bonds. The van der Waals surface area contributed by atoms with Crippen molar-refractivity contribution < 1.29 is 9.53 Å². The van der Waals surface area contributed by atoms with Gasteiger partial charge in [-0.15, -0.1) is 0 Å². The van der Waals surface area contributed by atoms with Crippen LogP contribution in [0.2, 0.25) is 0 Å². The minimum absolute atomic E-state index is 0.0186. The summed E-state index contributed by atoms with van der Waals surface area (Å²) in [5.41, 5.74) is 2.45.